The summed E-state index contributed by atoms with van der Waals surface area (Å²) in [5.74, 6) is -1.06. The number of aryl methyl sites for hydroxylation is 1. The fourth-order valence-corrected chi connectivity index (χ4v) is 1.53. The third kappa shape index (κ3) is 1.24. The van der Waals surface area contributed by atoms with Crippen molar-refractivity contribution in [3.8, 4) is 0 Å². The third-order valence-electron chi connectivity index (χ3n) is 2.03. The predicted octanol–water partition coefficient (Wildman–Crippen LogP) is 1.92. The molecule has 14 heavy (non-hydrogen) atoms. The van der Waals surface area contributed by atoms with Gasteiger partial charge in [-0.1, -0.05) is 11.6 Å². The van der Waals surface area contributed by atoms with Crippen molar-refractivity contribution in [2.75, 3.05) is 0 Å². The summed E-state index contributed by atoms with van der Waals surface area (Å²) in [6, 6.07) is 3.32. The molecule has 0 radical (unpaired) electrons. The van der Waals surface area contributed by atoms with E-state index in [1.54, 1.807) is 16.8 Å². The van der Waals surface area contributed by atoms with Crippen LogP contribution < -0.4 is 0 Å². The largest absolute Gasteiger partial charge is 0.478 e. The van der Waals surface area contributed by atoms with Crippen LogP contribution in [0.3, 0.4) is 0 Å². The Bertz CT molecular complexity index is 519. The second kappa shape index (κ2) is 2.99. The SMILES string of the molecule is Cn1ccc2cc(C(=O)O)c(Cl)nc21. The Labute approximate surface area is 84.7 Å². The molecular weight excluding hydrogens is 204 g/mol. The molecule has 0 aromatic carbocycles. The molecule has 0 amide bonds. The van der Waals surface area contributed by atoms with Gasteiger partial charge in [0.25, 0.3) is 0 Å². The molecule has 0 saturated carbocycles. The first-order chi connectivity index (χ1) is 6.59. The van der Waals surface area contributed by atoms with Gasteiger partial charge in [-0.2, -0.15) is 0 Å². The van der Waals surface area contributed by atoms with Gasteiger partial charge in [-0.15, -0.1) is 0 Å². The average Bonchev–Trinajstić information content (AvgIpc) is 2.46. The standard InChI is InChI=1S/C9H7ClN2O2/c1-12-3-2-5-4-6(9(13)14)7(10)11-8(5)12/h2-4H,1H3,(H,13,14). The molecule has 0 fully saturated rings. The third-order valence-corrected chi connectivity index (χ3v) is 2.31. The number of rotatable bonds is 1. The lowest BCUT2D eigenvalue weighted by Crippen LogP contribution is -2.00. The number of fused-ring (bicyclic) bond motifs is 1. The normalized spacial score (nSPS) is 10.7. The zero-order chi connectivity index (χ0) is 10.3. The molecule has 0 aliphatic heterocycles. The molecule has 0 unspecified atom stereocenters. The molecule has 4 nitrogen and oxygen atoms in total. The summed E-state index contributed by atoms with van der Waals surface area (Å²) in [4.78, 5) is 14.7. The summed E-state index contributed by atoms with van der Waals surface area (Å²) in [7, 11) is 1.83. The molecule has 0 saturated heterocycles. The van der Waals surface area contributed by atoms with Crippen molar-refractivity contribution < 1.29 is 9.90 Å². The zero-order valence-corrected chi connectivity index (χ0v) is 8.12. The Morgan fingerprint density at radius 1 is 1.64 bits per heavy atom. The lowest BCUT2D eigenvalue weighted by molar-refractivity contribution is 0.0697. The molecule has 1 N–H and O–H groups in total. The molecule has 0 spiro atoms. The molecule has 0 atom stereocenters. The number of aromatic nitrogens is 2. The zero-order valence-electron chi connectivity index (χ0n) is 7.36. The van der Waals surface area contributed by atoms with E-state index in [2.05, 4.69) is 4.98 Å². The predicted molar refractivity (Wildman–Crippen MR) is 52.7 cm³/mol. The van der Waals surface area contributed by atoms with Crippen LogP contribution in [0.4, 0.5) is 0 Å². The van der Waals surface area contributed by atoms with Crippen LogP contribution in [0.5, 0.6) is 0 Å². The van der Waals surface area contributed by atoms with E-state index in [9.17, 15) is 4.79 Å². The van der Waals surface area contributed by atoms with Gasteiger partial charge < -0.3 is 9.67 Å². The number of hydrogen-bond donors (Lipinski definition) is 1. The highest BCUT2D eigenvalue weighted by Crippen LogP contribution is 2.20. The molecule has 2 rings (SSSR count). The van der Waals surface area contributed by atoms with Crippen LogP contribution >= 0.6 is 11.6 Å². The van der Waals surface area contributed by atoms with Crippen molar-refractivity contribution in [3.63, 3.8) is 0 Å². The number of carboxylic acid groups (broad SMARTS) is 1. The van der Waals surface area contributed by atoms with Crippen molar-refractivity contribution in [2.45, 2.75) is 0 Å². The minimum atomic E-state index is -1.06. The van der Waals surface area contributed by atoms with Crippen LogP contribution in [-0.2, 0) is 7.05 Å². The number of pyridine rings is 1. The minimum Gasteiger partial charge on any atom is -0.478 e. The van der Waals surface area contributed by atoms with Gasteiger partial charge in [-0.25, -0.2) is 9.78 Å². The number of halogens is 1. The van der Waals surface area contributed by atoms with E-state index in [1.807, 2.05) is 7.05 Å². The summed E-state index contributed by atoms with van der Waals surface area (Å²) in [5.41, 5.74) is 0.713. The molecule has 0 aliphatic carbocycles. The van der Waals surface area contributed by atoms with Crippen molar-refractivity contribution in [3.05, 3.63) is 29.0 Å². The Morgan fingerprint density at radius 2 is 2.36 bits per heavy atom. The van der Waals surface area contributed by atoms with Gasteiger partial charge in [0.2, 0.25) is 0 Å². The van der Waals surface area contributed by atoms with E-state index in [0.717, 1.165) is 5.39 Å². The summed E-state index contributed by atoms with van der Waals surface area (Å²) < 4.78 is 1.78. The second-order valence-electron chi connectivity index (χ2n) is 2.97. The molecular formula is C9H7ClN2O2. The molecule has 72 valence electrons. The van der Waals surface area contributed by atoms with Gasteiger partial charge in [0.1, 0.15) is 10.8 Å². The summed E-state index contributed by atoms with van der Waals surface area (Å²) in [5, 5.41) is 9.59. The topological polar surface area (TPSA) is 55.1 Å². The summed E-state index contributed by atoms with van der Waals surface area (Å²) in [6.45, 7) is 0. The Morgan fingerprint density at radius 3 is 3.00 bits per heavy atom. The Kier molecular flexibility index (Phi) is 1.93. The van der Waals surface area contributed by atoms with Crippen LogP contribution in [0.2, 0.25) is 5.15 Å². The maximum absolute atomic E-state index is 10.7. The van der Waals surface area contributed by atoms with Crippen LogP contribution in [-0.4, -0.2) is 20.6 Å². The number of nitrogens with zero attached hydrogens (tertiary/aromatic N) is 2. The van der Waals surface area contributed by atoms with Crippen molar-refractivity contribution in [1.29, 1.82) is 0 Å². The van der Waals surface area contributed by atoms with Gasteiger partial charge in [-0.05, 0) is 12.1 Å². The highest BCUT2D eigenvalue weighted by atomic mass is 35.5. The van der Waals surface area contributed by atoms with E-state index in [4.69, 9.17) is 16.7 Å². The quantitative estimate of drug-likeness (QED) is 0.732. The first-order valence-corrected chi connectivity index (χ1v) is 4.32. The maximum atomic E-state index is 10.7. The summed E-state index contributed by atoms with van der Waals surface area (Å²) >= 11 is 5.72. The van der Waals surface area contributed by atoms with Crippen LogP contribution in [0.1, 0.15) is 10.4 Å². The first kappa shape index (κ1) is 9.02. The molecule has 5 heteroatoms. The monoisotopic (exact) mass is 210 g/mol. The van der Waals surface area contributed by atoms with Gasteiger partial charge >= 0.3 is 5.97 Å². The second-order valence-corrected chi connectivity index (χ2v) is 3.33. The molecule has 0 bridgehead atoms. The molecule has 0 aliphatic rings. The fraction of sp³-hybridized carbons (Fsp3) is 0.111. The first-order valence-electron chi connectivity index (χ1n) is 3.94. The van der Waals surface area contributed by atoms with E-state index in [1.165, 1.54) is 6.07 Å². The van der Waals surface area contributed by atoms with Crippen molar-refractivity contribution >= 4 is 28.6 Å². The number of hydrogen-bond acceptors (Lipinski definition) is 2. The minimum absolute atomic E-state index is 0.0202. The van der Waals surface area contributed by atoms with E-state index >= 15 is 0 Å². The maximum Gasteiger partial charge on any atom is 0.338 e. The van der Waals surface area contributed by atoms with Gasteiger partial charge in [-0.3, -0.25) is 0 Å². The highest BCUT2D eigenvalue weighted by Gasteiger charge is 2.12. The number of aromatic carboxylic acids is 1. The van der Waals surface area contributed by atoms with Gasteiger partial charge in [0.15, 0.2) is 0 Å². The number of carbonyl (C=O) groups is 1. The molecule has 2 heterocycles. The average molecular weight is 211 g/mol. The van der Waals surface area contributed by atoms with Crippen LogP contribution in [0.15, 0.2) is 18.3 Å². The van der Waals surface area contributed by atoms with Gasteiger partial charge in [0, 0.05) is 18.6 Å². The Balaban J connectivity index is 2.79. The smallest absolute Gasteiger partial charge is 0.338 e. The van der Waals surface area contributed by atoms with Crippen LogP contribution in [0, 0.1) is 0 Å². The lowest BCUT2D eigenvalue weighted by atomic mass is 10.2. The Hall–Kier alpha value is -1.55. The van der Waals surface area contributed by atoms with Gasteiger partial charge in [0.05, 0.1) is 5.56 Å². The van der Waals surface area contributed by atoms with Crippen LogP contribution in [0.25, 0.3) is 11.0 Å². The van der Waals surface area contributed by atoms with E-state index in [-0.39, 0.29) is 10.7 Å². The molecule has 2 aromatic heterocycles. The van der Waals surface area contributed by atoms with Crippen molar-refractivity contribution in [2.24, 2.45) is 7.05 Å². The molecule has 2 aromatic rings. The van der Waals surface area contributed by atoms with E-state index < -0.39 is 5.97 Å². The van der Waals surface area contributed by atoms with E-state index in [0.29, 0.717) is 5.65 Å². The van der Waals surface area contributed by atoms with Crippen molar-refractivity contribution in [1.82, 2.24) is 9.55 Å². The number of carboxylic acids is 1. The fourth-order valence-electron chi connectivity index (χ4n) is 1.32. The summed E-state index contributed by atoms with van der Waals surface area (Å²) in [6.07, 6.45) is 1.81. The highest BCUT2D eigenvalue weighted by molar-refractivity contribution is 6.32. The lowest BCUT2D eigenvalue weighted by Gasteiger charge is -1.99.